The second kappa shape index (κ2) is 9.29. The molecule has 0 fully saturated rings. The number of aromatic nitrogens is 2. The zero-order valence-corrected chi connectivity index (χ0v) is 14.3. The van der Waals surface area contributed by atoms with E-state index in [1.54, 1.807) is 12.4 Å². The highest BCUT2D eigenvalue weighted by molar-refractivity contribution is 8.76. The van der Waals surface area contributed by atoms with E-state index >= 15 is 0 Å². The van der Waals surface area contributed by atoms with Crippen LogP contribution in [0.1, 0.15) is 24.2 Å². The molecule has 8 heteroatoms. The fourth-order valence-electron chi connectivity index (χ4n) is 1.91. The molecule has 0 unspecified atom stereocenters. The molecule has 0 aromatic carbocycles. The largest absolute Gasteiger partial charge is 0.481 e. The van der Waals surface area contributed by atoms with Crippen LogP contribution in [0, 0.1) is 0 Å². The van der Waals surface area contributed by atoms with Gasteiger partial charge in [-0.1, -0.05) is 21.6 Å². The Labute approximate surface area is 147 Å². The Kier molecular flexibility index (Phi) is 7.07. The SMILES string of the molecule is O=C(O)CCc1ncccc1SSc1cccnc1CCC(=O)O. The topological polar surface area (TPSA) is 100 Å². The molecule has 2 rings (SSSR count). The summed E-state index contributed by atoms with van der Waals surface area (Å²) in [7, 11) is 2.95. The molecule has 0 aliphatic rings. The molecule has 0 spiro atoms. The van der Waals surface area contributed by atoms with Crippen LogP contribution in [0.4, 0.5) is 0 Å². The summed E-state index contributed by atoms with van der Waals surface area (Å²) in [5.74, 6) is -1.71. The van der Waals surface area contributed by atoms with Crippen LogP contribution in [-0.4, -0.2) is 32.1 Å². The summed E-state index contributed by atoms with van der Waals surface area (Å²) in [4.78, 5) is 31.8. The summed E-state index contributed by atoms with van der Waals surface area (Å²) in [6.07, 6.45) is 4.11. The first kappa shape index (κ1) is 18.3. The van der Waals surface area contributed by atoms with Crippen molar-refractivity contribution in [1.82, 2.24) is 9.97 Å². The van der Waals surface area contributed by atoms with Gasteiger partial charge in [-0.2, -0.15) is 0 Å². The third kappa shape index (κ3) is 5.86. The van der Waals surface area contributed by atoms with Crippen molar-refractivity contribution < 1.29 is 19.8 Å². The molecule has 0 saturated heterocycles. The molecule has 0 radical (unpaired) electrons. The number of aryl methyl sites for hydroxylation is 2. The number of pyridine rings is 2. The summed E-state index contributed by atoms with van der Waals surface area (Å²) < 4.78 is 0. The lowest BCUT2D eigenvalue weighted by atomic mass is 10.2. The minimum atomic E-state index is -0.854. The number of carbonyl (C=O) groups is 2. The Morgan fingerprint density at radius 1 is 0.833 bits per heavy atom. The van der Waals surface area contributed by atoms with E-state index in [4.69, 9.17) is 10.2 Å². The van der Waals surface area contributed by atoms with E-state index in [0.29, 0.717) is 12.8 Å². The van der Waals surface area contributed by atoms with E-state index in [1.807, 2.05) is 24.3 Å². The normalized spacial score (nSPS) is 10.5. The smallest absolute Gasteiger partial charge is 0.303 e. The van der Waals surface area contributed by atoms with Gasteiger partial charge in [0.1, 0.15) is 0 Å². The maximum atomic E-state index is 10.7. The van der Waals surface area contributed by atoms with Crippen molar-refractivity contribution in [3.8, 4) is 0 Å². The number of hydrogen-bond acceptors (Lipinski definition) is 6. The van der Waals surface area contributed by atoms with Gasteiger partial charge in [-0.05, 0) is 24.3 Å². The molecule has 2 aromatic heterocycles. The van der Waals surface area contributed by atoms with E-state index in [2.05, 4.69) is 9.97 Å². The number of carboxylic acid groups (broad SMARTS) is 2. The highest BCUT2D eigenvalue weighted by Crippen LogP contribution is 2.40. The zero-order chi connectivity index (χ0) is 17.4. The Morgan fingerprint density at radius 3 is 1.62 bits per heavy atom. The molecule has 0 aliphatic heterocycles. The first-order valence-corrected chi connectivity index (χ1v) is 9.37. The standard InChI is InChI=1S/C16H16N2O4S2/c19-15(20)7-5-11-13(3-1-9-17-11)23-24-14-4-2-10-18-12(14)6-8-16(21)22/h1-4,9-10H,5-8H2,(H,19,20)(H,21,22). The average molecular weight is 364 g/mol. The molecule has 2 N–H and O–H groups in total. The van der Waals surface area contributed by atoms with Crippen molar-refractivity contribution in [2.45, 2.75) is 35.5 Å². The van der Waals surface area contributed by atoms with Gasteiger partial charge in [0.15, 0.2) is 0 Å². The van der Waals surface area contributed by atoms with Gasteiger partial charge in [-0.3, -0.25) is 19.6 Å². The van der Waals surface area contributed by atoms with Gasteiger partial charge in [0.25, 0.3) is 0 Å². The molecule has 0 atom stereocenters. The quantitative estimate of drug-likeness (QED) is 0.654. The van der Waals surface area contributed by atoms with E-state index in [0.717, 1.165) is 21.2 Å². The summed E-state index contributed by atoms with van der Waals surface area (Å²) >= 11 is 0. The lowest BCUT2D eigenvalue weighted by Crippen LogP contribution is -2.01. The number of nitrogens with zero attached hydrogens (tertiary/aromatic N) is 2. The third-order valence-electron chi connectivity index (χ3n) is 3.07. The highest BCUT2D eigenvalue weighted by Gasteiger charge is 2.11. The fraction of sp³-hybridized carbons (Fsp3) is 0.250. The summed E-state index contributed by atoms with van der Waals surface area (Å²) in [5.41, 5.74) is 1.49. The van der Waals surface area contributed by atoms with Gasteiger partial charge in [-0.25, -0.2) is 0 Å². The lowest BCUT2D eigenvalue weighted by Gasteiger charge is -2.09. The Morgan fingerprint density at radius 2 is 1.25 bits per heavy atom. The van der Waals surface area contributed by atoms with Crippen molar-refractivity contribution in [3.05, 3.63) is 48.0 Å². The monoisotopic (exact) mass is 364 g/mol. The van der Waals surface area contributed by atoms with Crippen molar-refractivity contribution in [2.75, 3.05) is 0 Å². The van der Waals surface area contributed by atoms with Crippen LogP contribution in [0.5, 0.6) is 0 Å². The molecule has 24 heavy (non-hydrogen) atoms. The molecule has 6 nitrogen and oxygen atoms in total. The predicted molar refractivity (Wildman–Crippen MR) is 92.1 cm³/mol. The summed E-state index contributed by atoms with van der Waals surface area (Å²) in [6, 6.07) is 7.41. The van der Waals surface area contributed by atoms with Crippen molar-refractivity contribution >= 4 is 33.5 Å². The van der Waals surface area contributed by atoms with Gasteiger partial charge in [-0.15, -0.1) is 0 Å². The Hall–Kier alpha value is -2.06. The van der Waals surface area contributed by atoms with E-state index < -0.39 is 11.9 Å². The van der Waals surface area contributed by atoms with Crippen LogP contribution in [0.25, 0.3) is 0 Å². The molecule has 0 bridgehead atoms. The third-order valence-corrected chi connectivity index (χ3v) is 5.58. The average Bonchev–Trinajstić information content (AvgIpc) is 2.57. The lowest BCUT2D eigenvalue weighted by molar-refractivity contribution is -0.138. The molecule has 0 amide bonds. The highest BCUT2D eigenvalue weighted by atomic mass is 33.1. The minimum absolute atomic E-state index is 0.0337. The maximum absolute atomic E-state index is 10.7. The summed E-state index contributed by atoms with van der Waals surface area (Å²) in [5, 5.41) is 17.6. The van der Waals surface area contributed by atoms with Crippen LogP contribution in [0.2, 0.25) is 0 Å². The van der Waals surface area contributed by atoms with Gasteiger partial charge < -0.3 is 10.2 Å². The molecule has 0 aliphatic carbocycles. The first-order valence-electron chi connectivity index (χ1n) is 7.22. The predicted octanol–water partition coefficient (Wildman–Crippen LogP) is 3.31. The van der Waals surface area contributed by atoms with Gasteiger partial charge in [0.05, 0.1) is 24.2 Å². The van der Waals surface area contributed by atoms with Crippen LogP contribution < -0.4 is 0 Å². The van der Waals surface area contributed by atoms with Crippen LogP contribution in [0.3, 0.4) is 0 Å². The van der Waals surface area contributed by atoms with Crippen LogP contribution in [0.15, 0.2) is 46.5 Å². The first-order chi connectivity index (χ1) is 11.6. The van der Waals surface area contributed by atoms with E-state index in [9.17, 15) is 9.59 Å². The van der Waals surface area contributed by atoms with E-state index in [-0.39, 0.29) is 12.8 Å². The molecular weight excluding hydrogens is 348 g/mol. The zero-order valence-electron chi connectivity index (χ0n) is 12.7. The number of rotatable bonds is 9. The molecule has 126 valence electrons. The molecule has 2 heterocycles. The number of carboxylic acids is 2. The van der Waals surface area contributed by atoms with Crippen molar-refractivity contribution in [3.63, 3.8) is 0 Å². The molecule has 2 aromatic rings. The van der Waals surface area contributed by atoms with Gasteiger partial charge in [0, 0.05) is 35.0 Å². The molecule has 0 saturated carbocycles. The molecular formula is C16H16N2O4S2. The number of aliphatic carboxylic acids is 2. The van der Waals surface area contributed by atoms with Crippen LogP contribution >= 0.6 is 21.6 Å². The fourth-order valence-corrected chi connectivity index (χ4v) is 4.31. The van der Waals surface area contributed by atoms with Gasteiger partial charge in [0.2, 0.25) is 0 Å². The Balaban J connectivity index is 2.06. The Bertz CT molecular complexity index is 663. The second-order valence-electron chi connectivity index (χ2n) is 4.85. The second-order valence-corrected chi connectivity index (χ2v) is 7.06. The number of hydrogen-bond donors (Lipinski definition) is 2. The van der Waals surface area contributed by atoms with Crippen molar-refractivity contribution in [1.29, 1.82) is 0 Å². The van der Waals surface area contributed by atoms with Gasteiger partial charge >= 0.3 is 11.9 Å². The summed E-state index contributed by atoms with van der Waals surface area (Å²) in [6.45, 7) is 0. The van der Waals surface area contributed by atoms with Crippen molar-refractivity contribution in [2.24, 2.45) is 0 Å². The maximum Gasteiger partial charge on any atom is 0.303 e. The minimum Gasteiger partial charge on any atom is -0.481 e. The van der Waals surface area contributed by atoms with Crippen LogP contribution in [-0.2, 0) is 22.4 Å². The van der Waals surface area contributed by atoms with E-state index in [1.165, 1.54) is 21.6 Å².